The lowest BCUT2D eigenvalue weighted by Gasteiger charge is -2.45. The van der Waals surface area contributed by atoms with Crippen LogP contribution in [0.1, 0.15) is 66.6 Å². The highest BCUT2D eigenvalue weighted by Crippen LogP contribution is 2.43. The van der Waals surface area contributed by atoms with E-state index in [1.165, 1.54) is 11.3 Å². The first-order chi connectivity index (χ1) is 17.9. The Labute approximate surface area is 239 Å². The van der Waals surface area contributed by atoms with Gasteiger partial charge >= 0.3 is 0 Å². The van der Waals surface area contributed by atoms with E-state index in [-0.39, 0.29) is 28.9 Å². The molecule has 0 saturated heterocycles. The minimum absolute atomic E-state index is 0.0612. The Morgan fingerprint density at radius 3 is 2.28 bits per heavy atom. The van der Waals surface area contributed by atoms with E-state index in [0.717, 1.165) is 10.9 Å². The van der Waals surface area contributed by atoms with Crippen molar-refractivity contribution in [3.63, 3.8) is 0 Å². The summed E-state index contributed by atoms with van der Waals surface area (Å²) in [6.45, 7) is 16.5. The number of thiol groups is 1. The molecule has 3 atom stereocenters. The number of nitrogens with zero attached hydrogens (tertiary/aromatic N) is 3. The maximum absolute atomic E-state index is 14.1. The highest BCUT2D eigenvalue weighted by Gasteiger charge is 2.48. The van der Waals surface area contributed by atoms with Crippen LogP contribution in [0.25, 0.3) is 10.9 Å². The topological polar surface area (TPSA) is 74.7 Å². The summed E-state index contributed by atoms with van der Waals surface area (Å²) in [7, 11) is 5.80. The van der Waals surface area contributed by atoms with Crippen molar-refractivity contribution >= 4 is 40.5 Å². The van der Waals surface area contributed by atoms with Crippen LogP contribution in [0.2, 0.25) is 0 Å². The van der Waals surface area contributed by atoms with E-state index in [1.54, 1.807) is 24.9 Å². The number of para-hydroxylation sites is 1. The van der Waals surface area contributed by atoms with Crippen molar-refractivity contribution < 1.29 is 14.4 Å². The van der Waals surface area contributed by atoms with E-state index >= 15 is 0 Å². The number of carbonyl (C=O) groups excluding carboxylic acids is 3. The van der Waals surface area contributed by atoms with Gasteiger partial charge in [0.2, 0.25) is 16.9 Å². The third kappa shape index (κ3) is 5.82. The number of likely N-dealkylation sites (N-methyl/N-ethyl adjacent to an activating group) is 2. The third-order valence-electron chi connectivity index (χ3n) is 8.28. The monoisotopic (exact) mass is 554 g/mol. The lowest BCUT2D eigenvalue weighted by molar-refractivity contribution is -0.142. The molecule has 0 unspecified atom stereocenters. The zero-order valence-corrected chi connectivity index (χ0v) is 26.3. The fourth-order valence-corrected chi connectivity index (χ4v) is 6.27. The Morgan fingerprint density at radius 2 is 1.74 bits per heavy atom. The molecule has 0 spiro atoms. The number of carbonyl (C=O) groups is 3. The van der Waals surface area contributed by atoms with Crippen molar-refractivity contribution in [3.05, 3.63) is 47.2 Å². The molecular weight excluding hydrogens is 508 g/mol. The molecule has 2 amide bonds. The number of rotatable bonds is 7. The van der Waals surface area contributed by atoms with Crippen molar-refractivity contribution in [2.75, 3.05) is 14.1 Å². The van der Waals surface area contributed by atoms with E-state index in [2.05, 4.69) is 60.4 Å². The van der Waals surface area contributed by atoms with Gasteiger partial charge in [-0.25, -0.2) is 0 Å². The van der Waals surface area contributed by atoms with Gasteiger partial charge in [-0.3, -0.25) is 19.3 Å². The molecule has 2 aromatic rings. The lowest BCUT2D eigenvalue weighted by atomic mass is 9.72. The molecule has 7 nitrogen and oxygen atoms in total. The zero-order chi connectivity index (χ0) is 29.6. The van der Waals surface area contributed by atoms with Gasteiger partial charge in [0.1, 0.15) is 6.04 Å². The van der Waals surface area contributed by atoms with Crippen molar-refractivity contribution in [1.82, 2.24) is 19.7 Å². The molecule has 0 aliphatic carbocycles. The second-order valence-corrected chi connectivity index (χ2v) is 13.5. The van der Waals surface area contributed by atoms with Gasteiger partial charge in [-0.15, -0.1) is 12.6 Å². The van der Waals surface area contributed by atoms with Crippen molar-refractivity contribution in [1.29, 1.82) is 0 Å². The Bertz CT molecular complexity index is 1300. The molecule has 39 heavy (non-hydrogen) atoms. The number of aryl methyl sites for hydroxylation is 1. The minimum Gasteiger partial charge on any atom is -0.346 e. The van der Waals surface area contributed by atoms with Crippen molar-refractivity contribution in [2.45, 2.75) is 85.5 Å². The lowest BCUT2D eigenvalue weighted by Crippen LogP contribution is -2.63. The predicted octanol–water partition coefficient (Wildman–Crippen LogP) is 4.69. The average molecular weight is 555 g/mol. The highest BCUT2D eigenvalue weighted by atomic mass is 32.1. The number of hydrogen-bond acceptors (Lipinski definition) is 4. The molecule has 1 aromatic carbocycles. The zero-order valence-electron chi connectivity index (χ0n) is 25.4. The van der Waals surface area contributed by atoms with Crippen LogP contribution in [-0.2, 0) is 33.4 Å². The number of aromatic nitrogens is 1. The Hall–Kier alpha value is -2.58. The molecule has 1 aliphatic heterocycles. The normalized spacial score (nSPS) is 19.5. The fraction of sp³-hybridized carbons (Fsp3) is 0.581. The van der Waals surface area contributed by atoms with Crippen LogP contribution in [0.15, 0.2) is 35.9 Å². The second kappa shape index (κ2) is 11.1. The summed E-state index contributed by atoms with van der Waals surface area (Å²) in [5.41, 5.74) is 2.99. The smallest absolute Gasteiger partial charge is 0.245 e. The summed E-state index contributed by atoms with van der Waals surface area (Å²) in [6.07, 6.45) is 1.79. The average Bonchev–Trinajstić information content (AvgIpc) is 3.11. The Balaban J connectivity index is 1.98. The van der Waals surface area contributed by atoms with E-state index in [1.807, 2.05) is 53.8 Å². The quantitative estimate of drug-likeness (QED) is 0.385. The molecule has 1 N–H and O–H groups in total. The molecular formula is C31H46N4O3S. The molecule has 0 fully saturated rings. The van der Waals surface area contributed by atoms with Crippen LogP contribution in [0.5, 0.6) is 0 Å². The first-order valence-corrected chi connectivity index (χ1v) is 14.1. The molecule has 1 aromatic heterocycles. The van der Waals surface area contributed by atoms with E-state index in [9.17, 15) is 14.4 Å². The van der Waals surface area contributed by atoms with Crippen LogP contribution >= 0.6 is 12.6 Å². The van der Waals surface area contributed by atoms with Crippen molar-refractivity contribution in [3.8, 4) is 0 Å². The molecule has 0 radical (unpaired) electrons. The predicted molar refractivity (Wildman–Crippen MR) is 162 cm³/mol. The molecule has 214 valence electrons. The number of fused-ring (bicyclic) bond motifs is 3. The number of benzene rings is 1. The van der Waals surface area contributed by atoms with E-state index in [0.29, 0.717) is 12.1 Å². The SMILES string of the molecule is C/C(=C\[C@H](C(C)C)N(C)C(=O)[C@@H](NC(=O)[C@H]1N(C)Cc2c(c3ccccc3n2C)C1(C)C)C(C)(C)C)C(=O)S. The summed E-state index contributed by atoms with van der Waals surface area (Å²) < 4.78 is 2.23. The fourth-order valence-electron chi connectivity index (χ4n) is 6.19. The Morgan fingerprint density at radius 1 is 1.15 bits per heavy atom. The summed E-state index contributed by atoms with van der Waals surface area (Å²) in [5, 5.41) is 4.01. The molecule has 2 heterocycles. The largest absolute Gasteiger partial charge is 0.346 e. The molecule has 1 aliphatic rings. The Kier molecular flexibility index (Phi) is 8.83. The van der Waals surface area contributed by atoms with Gasteiger partial charge in [-0.05, 0) is 36.9 Å². The van der Waals surface area contributed by atoms with Crippen LogP contribution in [-0.4, -0.2) is 63.5 Å². The van der Waals surface area contributed by atoms with Gasteiger partial charge in [0.05, 0.1) is 12.1 Å². The van der Waals surface area contributed by atoms with Crippen LogP contribution in [0.4, 0.5) is 0 Å². The standard InChI is InChI=1S/C31H46N4O3S/c1-18(2)22(16-19(3)29(38)39)35(11)28(37)25(30(4,5)6)32-27(36)26-31(7,8)24-20-14-12-13-15-21(20)34(10)23(24)17-33(26)9/h12-16,18,22,25-26H,17H2,1-11H3,(H,32,36)(H,38,39)/b19-16+/t22-,25-,26-/m1/s1. The number of hydrogen-bond donors (Lipinski definition) is 2. The maximum atomic E-state index is 14.1. The van der Waals surface area contributed by atoms with Gasteiger partial charge in [-0.2, -0.15) is 0 Å². The van der Waals surface area contributed by atoms with Crippen LogP contribution in [0.3, 0.4) is 0 Å². The van der Waals surface area contributed by atoms with Gasteiger partial charge in [0.25, 0.3) is 0 Å². The summed E-state index contributed by atoms with van der Waals surface area (Å²) in [6, 6.07) is 6.78. The highest BCUT2D eigenvalue weighted by molar-refractivity contribution is 7.97. The van der Waals surface area contributed by atoms with Gasteiger partial charge in [-0.1, -0.05) is 72.7 Å². The van der Waals surface area contributed by atoms with Gasteiger partial charge in [0.15, 0.2) is 0 Å². The van der Waals surface area contributed by atoms with E-state index in [4.69, 9.17) is 0 Å². The minimum atomic E-state index is -0.755. The molecule has 0 saturated carbocycles. The first-order valence-electron chi connectivity index (χ1n) is 13.7. The molecule has 0 bridgehead atoms. The molecule has 8 heteroatoms. The molecule has 3 rings (SSSR count). The number of amides is 2. The summed E-state index contributed by atoms with van der Waals surface area (Å²) >= 11 is 3.94. The second-order valence-electron chi connectivity index (χ2n) is 13.1. The van der Waals surface area contributed by atoms with Crippen LogP contribution in [0, 0.1) is 11.3 Å². The van der Waals surface area contributed by atoms with Crippen molar-refractivity contribution in [2.24, 2.45) is 18.4 Å². The summed E-state index contributed by atoms with van der Waals surface area (Å²) in [5.74, 6) is -0.292. The first kappa shape index (κ1) is 31.0. The van der Waals surface area contributed by atoms with Gasteiger partial charge in [0, 0.05) is 48.2 Å². The third-order valence-corrected chi connectivity index (χ3v) is 8.63. The van der Waals surface area contributed by atoms with Crippen LogP contribution < -0.4 is 5.32 Å². The maximum Gasteiger partial charge on any atom is 0.245 e. The van der Waals surface area contributed by atoms with E-state index < -0.39 is 22.9 Å². The summed E-state index contributed by atoms with van der Waals surface area (Å²) in [4.78, 5) is 43.7. The number of nitrogens with one attached hydrogen (secondary N) is 1. The van der Waals surface area contributed by atoms with Gasteiger partial charge < -0.3 is 14.8 Å².